The SMILES string of the molecule is CC1(C)C(/C=C/C=C/C=C/C=C2/N(CCC(=O)NC(CC(=O)O)C(=O)O)c3ccc4ccccc4c3C2(C)C)=[N+](CCC(=O)NC(CC(=O)O)C(=O)O)c2ccc3ccccc3c21. The van der Waals surface area contributed by atoms with E-state index in [1.807, 2.05) is 113 Å². The van der Waals surface area contributed by atoms with Crippen LogP contribution < -0.4 is 15.5 Å². The highest BCUT2D eigenvalue weighted by molar-refractivity contribution is 6.08. The number of fused-ring (bicyclic) bond motifs is 6. The first kappa shape index (κ1) is 45.2. The second kappa shape index (κ2) is 18.7. The van der Waals surface area contributed by atoms with Gasteiger partial charge in [-0.1, -0.05) is 98.8 Å². The number of hydrogen-bond acceptors (Lipinski definition) is 7. The number of nitrogens with one attached hydrogen (secondary N) is 2. The topological polar surface area (TPSA) is 214 Å². The van der Waals surface area contributed by atoms with E-state index in [4.69, 9.17) is 10.2 Å². The standard InChI is InChI=1S/C49H50N4O10/c1-48(2)38(52(26-24-40(54)50-34(46(60)61)28-42(56)57)36-22-20-30-14-10-12-16-32(30)44(36)48)18-8-6-5-7-9-19-39-49(3,4)45-33-17-13-11-15-31(33)21-23-37(45)53(39)27-25-41(55)51-35(47(62)63)29-43(58)59/h5-23,34-35H,24-29H2,1-4H3,(H5-,50,51,54,55,56,57,58,59,60,61,62,63)/p+1. The van der Waals surface area contributed by atoms with Gasteiger partial charge in [0, 0.05) is 47.5 Å². The van der Waals surface area contributed by atoms with Crippen molar-refractivity contribution in [3.8, 4) is 0 Å². The molecule has 2 atom stereocenters. The van der Waals surface area contributed by atoms with Crippen molar-refractivity contribution in [2.45, 2.75) is 76.3 Å². The summed E-state index contributed by atoms with van der Waals surface area (Å²) in [6.07, 6.45) is 11.8. The molecular weight excluding hydrogens is 805 g/mol. The van der Waals surface area contributed by atoms with Crippen molar-refractivity contribution >= 4 is 74.3 Å². The van der Waals surface area contributed by atoms with Crippen LogP contribution in [0.25, 0.3) is 21.5 Å². The third-order valence-electron chi connectivity index (χ3n) is 11.6. The van der Waals surface area contributed by atoms with E-state index in [9.17, 15) is 39.0 Å². The van der Waals surface area contributed by atoms with Gasteiger partial charge in [-0.3, -0.25) is 19.2 Å². The largest absolute Gasteiger partial charge is 0.481 e. The number of allylic oxidation sites excluding steroid dienone is 8. The average molecular weight is 856 g/mol. The maximum atomic E-state index is 13.0. The monoisotopic (exact) mass is 855 g/mol. The molecule has 2 aliphatic rings. The Bertz CT molecular complexity index is 2670. The Labute approximate surface area is 364 Å². The fraction of sp³-hybridized carbons (Fsp3) is 0.286. The van der Waals surface area contributed by atoms with Gasteiger partial charge in [0.25, 0.3) is 0 Å². The van der Waals surface area contributed by atoms with Gasteiger partial charge in [0.2, 0.25) is 17.5 Å². The zero-order chi connectivity index (χ0) is 45.6. The lowest BCUT2D eigenvalue weighted by atomic mass is 9.79. The summed E-state index contributed by atoms with van der Waals surface area (Å²) in [6.45, 7) is 8.88. The molecule has 0 saturated heterocycles. The number of nitrogens with zero attached hydrogens (tertiary/aromatic N) is 2. The van der Waals surface area contributed by atoms with Crippen LogP contribution in [0.4, 0.5) is 11.4 Å². The number of carbonyl (C=O) groups is 6. The van der Waals surface area contributed by atoms with Gasteiger partial charge in [-0.25, -0.2) is 9.59 Å². The Morgan fingerprint density at radius 1 is 0.635 bits per heavy atom. The van der Waals surface area contributed by atoms with Crippen molar-refractivity contribution in [2.24, 2.45) is 0 Å². The van der Waals surface area contributed by atoms with Crippen molar-refractivity contribution in [1.82, 2.24) is 10.6 Å². The fourth-order valence-corrected chi connectivity index (χ4v) is 8.75. The molecule has 2 heterocycles. The highest BCUT2D eigenvalue weighted by Gasteiger charge is 2.46. The van der Waals surface area contributed by atoms with E-state index < -0.39 is 71.4 Å². The van der Waals surface area contributed by atoms with Crippen molar-refractivity contribution in [3.63, 3.8) is 0 Å². The van der Waals surface area contributed by atoms with Gasteiger partial charge in [-0.2, -0.15) is 4.58 Å². The molecule has 2 aliphatic heterocycles. The van der Waals surface area contributed by atoms with Crippen LogP contribution in [0.5, 0.6) is 0 Å². The maximum Gasteiger partial charge on any atom is 0.326 e. The van der Waals surface area contributed by atoms with Crippen molar-refractivity contribution in [3.05, 3.63) is 132 Å². The lowest BCUT2D eigenvalue weighted by Gasteiger charge is -2.27. The van der Waals surface area contributed by atoms with Crippen molar-refractivity contribution in [1.29, 1.82) is 0 Å². The Morgan fingerprint density at radius 3 is 1.75 bits per heavy atom. The lowest BCUT2D eigenvalue weighted by Crippen LogP contribution is -2.43. The number of amides is 2. The van der Waals surface area contributed by atoms with Crippen LogP contribution in [0.3, 0.4) is 0 Å². The number of aliphatic carboxylic acids is 4. The first-order valence-electron chi connectivity index (χ1n) is 20.6. The summed E-state index contributed by atoms with van der Waals surface area (Å²) >= 11 is 0. The quantitative estimate of drug-likeness (QED) is 0.0464. The molecule has 6 N–H and O–H groups in total. The Balaban J connectivity index is 1.25. The van der Waals surface area contributed by atoms with Gasteiger partial charge in [-0.15, -0.1) is 0 Å². The molecule has 326 valence electrons. The van der Waals surface area contributed by atoms with Crippen molar-refractivity contribution < 1.29 is 53.8 Å². The predicted molar refractivity (Wildman–Crippen MR) is 239 cm³/mol. The minimum atomic E-state index is -1.55. The fourth-order valence-electron chi connectivity index (χ4n) is 8.75. The number of anilines is 1. The zero-order valence-electron chi connectivity index (χ0n) is 35.5. The van der Waals surface area contributed by atoms with E-state index in [1.165, 1.54) is 0 Å². The van der Waals surface area contributed by atoms with Gasteiger partial charge < -0.3 is 36.0 Å². The summed E-state index contributed by atoms with van der Waals surface area (Å²) in [6, 6.07) is 21.1. The van der Waals surface area contributed by atoms with Gasteiger partial charge >= 0.3 is 23.9 Å². The molecular formula is C49H51N4O10+. The third-order valence-corrected chi connectivity index (χ3v) is 11.6. The normalized spacial score (nSPS) is 16.8. The molecule has 0 aliphatic carbocycles. The second-order valence-corrected chi connectivity index (χ2v) is 16.6. The highest BCUT2D eigenvalue weighted by atomic mass is 16.4. The average Bonchev–Trinajstić information content (AvgIpc) is 3.58. The van der Waals surface area contributed by atoms with Crippen LogP contribution in [0.1, 0.15) is 64.5 Å². The third kappa shape index (κ3) is 9.75. The van der Waals surface area contributed by atoms with Crippen LogP contribution in [-0.4, -0.2) is 91.6 Å². The van der Waals surface area contributed by atoms with Crippen molar-refractivity contribution in [2.75, 3.05) is 18.0 Å². The molecule has 0 aromatic heterocycles. The Hall–Kier alpha value is -7.35. The van der Waals surface area contributed by atoms with Gasteiger partial charge in [-0.05, 0) is 59.2 Å². The number of benzene rings is 4. The van der Waals surface area contributed by atoms with Gasteiger partial charge in [0.05, 0.1) is 24.7 Å². The Kier molecular flexibility index (Phi) is 13.4. The molecule has 63 heavy (non-hydrogen) atoms. The summed E-state index contributed by atoms with van der Waals surface area (Å²) in [5.41, 5.74) is 4.83. The molecule has 2 amide bonds. The summed E-state index contributed by atoms with van der Waals surface area (Å²) in [5, 5.41) is 46.2. The number of rotatable bonds is 18. The van der Waals surface area contributed by atoms with E-state index in [0.29, 0.717) is 0 Å². The van der Waals surface area contributed by atoms with Crippen LogP contribution in [0.15, 0.2) is 121 Å². The molecule has 14 nitrogen and oxygen atoms in total. The number of hydrogen-bond donors (Lipinski definition) is 6. The van der Waals surface area contributed by atoms with Crippen LogP contribution in [-0.2, 0) is 39.6 Å². The van der Waals surface area contributed by atoms with E-state index in [0.717, 1.165) is 55.5 Å². The summed E-state index contributed by atoms with van der Waals surface area (Å²) < 4.78 is 2.05. The van der Waals surface area contributed by atoms with Crippen LogP contribution in [0.2, 0.25) is 0 Å². The molecule has 0 bridgehead atoms. The highest BCUT2D eigenvalue weighted by Crippen LogP contribution is 2.51. The lowest BCUT2D eigenvalue weighted by molar-refractivity contribution is -0.436. The minimum absolute atomic E-state index is 0.0817. The number of carbonyl (C=O) groups excluding carboxylic acids is 2. The van der Waals surface area contributed by atoms with Crippen LogP contribution in [0, 0.1) is 0 Å². The maximum absolute atomic E-state index is 13.0. The predicted octanol–water partition coefficient (Wildman–Crippen LogP) is 6.59. The van der Waals surface area contributed by atoms with Crippen LogP contribution >= 0.6 is 0 Å². The number of carboxylic acid groups (broad SMARTS) is 4. The summed E-state index contributed by atoms with van der Waals surface area (Å²) in [7, 11) is 0. The van der Waals surface area contributed by atoms with Gasteiger partial charge in [0.15, 0.2) is 12.3 Å². The zero-order valence-corrected chi connectivity index (χ0v) is 35.5. The molecule has 0 radical (unpaired) electrons. The summed E-state index contributed by atoms with van der Waals surface area (Å²) in [5.74, 6) is -6.67. The smallest absolute Gasteiger partial charge is 0.326 e. The summed E-state index contributed by atoms with van der Waals surface area (Å²) in [4.78, 5) is 73.7. The Morgan fingerprint density at radius 2 is 1.16 bits per heavy atom. The molecule has 0 saturated carbocycles. The first-order valence-corrected chi connectivity index (χ1v) is 20.6. The molecule has 6 rings (SSSR count). The van der Waals surface area contributed by atoms with E-state index in [2.05, 4.69) is 50.5 Å². The van der Waals surface area contributed by atoms with E-state index in [-0.39, 0.29) is 25.9 Å². The van der Waals surface area contributed by atoms with E-state index in [1.54, 1.807) is 0 Å². The van der Waals surface area contributed by atoms with Gasteiger partial charge in [0.1, 0.15) is 12.1 Å². The minimum Gasteiger partial charge on any atom is -0.481 e. The molecule has 14 heteroatoms. The number of carboxylic acids is 4. The molecule has 0 spiro atoms. The molecule has 4 aromatic carbocycles. The molecule has 4 aromatic rings. The molecule has 0 fully saturated rings. The van der Waals surface area contributed by atoms with E-state index >= 15 is 0 Å². The first-order chi connectivity index (χ1) is 29.9. The second-order valence-electron chi connectivity index (χ2n) is 16.6. The molecule has 2 unspecified atom stereocenters.